The number of halogens is 2. The first kappa shape index (κ1) is 30.9. The second-order valence-electron chi connectivity index (χ2n) is 10.4. The lowest BCUT2D eigenvalue weighted by Crippen LogP contribution is -2.24. The number of hydrogen-bond acceptors (Lipinski definition) is 8. The highest BCUT2D eigenvalue weighted by Gasteiger charge is 2.18. The highest BCUT2D eigenvalue weighted by molar-refractivity contribution is 6.39. The van der Waals surface area contributed by atoms with Crippen molar-refractivity contribution >= 4 is 28.8 Å². The molecule has 0 bridgehead atoms. The fourth-order valence-corrected chi connectivity index (χ4v) is 5.44. The molecule has 0 aliphatic rings. The monoisotopic (exact) mass is 620 g/mol. The van der Waals surface area contributed by atoms with Crippen molar-refractivity contribution in [2.75, 3.05) is 20.2 Å². The van der Waals surface area contributed by atoms with Gasteiger partial charge in [-0.25, -0.2) is 14.5 Å². The van der Waals surface area contributed by atoms with Crippen LogP contribution in [0.4, 0.5) is 0 Å². The summed E-state index contributed by atoms with van der Waals surface area (Å²) in [5.74, 6) is 0.486. The number of hydrogen-bond donors (Lipinski definition) is 4. The fourth-order valence-electron chi connectivity index (χ4n) is 4.79. The molecule has 3 heterocycles. The molecular formula is C32H34Cl2N6O3. The maximum Gasteiger partial charge on any atom is 0.218 e. The second-order valence-corrected chi connectivity index (χ2v) is 11.2. The largest absolute Gasteiger partial charge is 0.481 e. The average Bonchev–Trinajstić information content (AvgIpc) is 3.39. The number of pyridine rings is 1. The summed E-state index contributed by atoms with van der Waals surface area (Å²) in [6, 6.07) is 19.2. The Morgan fingerprint density at radius 1 is 0.767 bits per heavy atom. The molecule has 5 aromatic rings. The van der Waals surface area contributed by atoms with Gasteiger partial charge in [0.25, 0.3) is 0 Å². The van der Waals surface area contributed by atoms with E-state index in [4.69, 9.17) is 38.0 Å². The molecule has 0 saturated carbocycles. The van der Waals surface area contributed by atoms with Crippen LogP contribution in [0.2, 0.25) is 10.0 Å². The van der Waals surface area contributed by atoms with E-state index >= 15 is 0 Å². The quantitative estimate of drug-likeness (QED) is 0.147. The first-order valence-corrected chi connectivity index (χ1v) is 14.8. The van der Waals surface area contributed by atoms with E-state index in [2.05, 4.69) is 15.6 Å². The van der Waals surface area contributed by atoms with Crippen molar-refractivity contribution < 1.29 is 14.9 Å². The number of imidazole rings is 1. The molecule has 0 amide bonds. The number of aliphatic hydroxyl groups is 2. The predicted octanol–water partition coefficient (Wildman–Crippen LogP) is 5.38. The molecule has 224 valence electrons. The van der Waals surface area contributed by atoms with E-state index in [1.165, 1.54) is 0 Å². The zero-order valence-corrected chi connectivity index (χ0v) is 25.7. The smallest absolute Gasteiger partial charge is 0.218 e. The average molecular weight is 622 g/mol. The molecule has 0 fully saturated rings. The van der Waals surface area contributed by atoms with Gasteiger partial charge in [0.2, 0.25) is 5.88 Å². The Kier molecular flexibility index (Phi) is 9.92. The lowest BCUT2D eigenvalue weighted by molar-refractivity contribution is 0.190. The highest BCUT2D eigenvalue weighted by Crippen LogP contribution is 2.42. The highest BCUT2D eigenvalue weighted by atomic mass is 35.5. The minimum Gasteiger partial charge on any atom is -0.481 e. The third kappa shape index (κ3) is 7.15. The summed E-state index contributed by atoms with van der Waals surface area (Å²) in [5, 5.41) is 31.2. The minimum atomic E-state index is -0.447. The van der Waals surface area contributed by atoms with Crippen molar-refractivity contribution in [3.8, 4) is 39.5 Å². The zero-order valence-electron chi connectivity index (χ0n) is 24.2. The van der Waals surface area contributed by atoms with Crippen molar-refractivity contribution in [3.05, 3.63) is 88.2 Å². The van der Waals surface area contributed by atoms with Gasteiger partial charge >= 0.3 is 0 Å². The van der Waals surface area contributed by atoms with E-state index < -0.39 is 12.2 Å². The maximum atomic E-state index is 9.54. The van der Waals surface area contributed by atoms with Crippen LogP contribution in [0, 0.1) is 0 Å². The van der Waals surface area contributed by atoms with Crippen LogP contribution in [0.3, 0.4) is 0 Å². The van der Waals surface area contributed by atoms with E-state index in [-0.39, 0.29) is 0 Å². The molecule has 3 aromatic heterocycles. The molecule has 9 nitrogen and oxygen atoms in total. The van der Waals surface area contributed by atoms with Gasteiger partial charge in [0.05, 0.1) is 52.6 Å². The summed E-state index contributed by atoms with van der Waals surface area (Å²) < 4.78 is 7.29. The first-order valence-electron chi connectivity index (χ1n) is 14.0. The SMILES string of the molecule is COc1nc(-c2cccc(-c3cccc(-c4ccc5nc(CNC[C@H](C)O)cn5n4)c3Cl)c2Cl)ccc1CNC[C@@H](C)O. The van der Waals surface area contributed by atoms with Crippen LogP contribution in [0.25, 0.3) is 39.3 Å². The summed E-state index contributed by atoms with van der Waals surface area (Å²) in [6.45, 7) is 5.45. The molecule has 0 spiro atoms. The number of methoxy groups -OCH3 is 1. The number of ether oxygens (including phenoxy) is 1. The first-order chi connectivity index (χ1) is 20.7. The number of fused-ring (bicyclic) bond motifs is 1. The Bertz CT molecular complexity index is 1720. The van der Waals surface area contributed by atoms with Gasteiger partial charge in [-0.2, -0.15) is 5.10 Å². The maximum absolute atomic E-state index is 9.54. The van der Waals surface area contributed by atoms with Gasteiger partial charge in [0.1, 0.15) is 0 Å². The van der Waals surface area contributed by atoms with E-state index in [0.29, 0.717) is 59.1 Å². The van der Waals surface area contributed by atoms with Crippen LogP contribution in [0.5, 0.6) is 5.88 Å². The van der Waals surface area contributed by atoms with Gasteiger partial charge in [-0.1, -0.05) is 65.7 Å². The summed E-state index contributed by atoms with van der Waals surface area (Å²) >= 11 is 14.0. The van der Waals surface area contributed by atoms with Gasteiger partial charge in [0.15, 0.2) is 5.65 Å². The van der Waals surface area contributed by atoms with Gasteiger partial charge in [-0.05, 0) is 32.0 Å². The summed E-state index contributed by atoms with van der Waals surface area (Å²) in [5.41, 5.74) is 6.82. The van der Waals surface area contributed by atoms with Crippen molar-refractivity contribution in [1.29, 1.82) is 0 Å². The van der Waals surface area contributed by atoms with Gasteiger partial charge in [-0.3, -0.25) is 0 Å². The van der Waals surface area contributed by atoms with Gasteiger partial charge in [-0.15, -0.1) is 0 Å². The molecule has 2 atom stereocenters. The minimum absolute atomic E-state index is 0.431. The molecule has 5 rings (SSSR count). The normalized spacial score (nSPS) is 12.9. The van der Waals surface area contributed by atoms with Gasteiger partial charge < -0.3 is 25.6 Å². The molecule has 0 aliphatic carbocycles. The summed E-state index contributed by atoms with van der Waals surface area (Å²) in [4.78, 5) is 9.32. The topological polar surface area (TPSA) is 117 Å². The second kappa shape index (κ2) is 13.8. The van der Waals surface area contributed by atoms with Crippen LogP contribution in [-0.2, 0) is 13.1 Å². The van der Waals surface area contributed by atoms with Crippen molar-refractivity contribution in [3.63, 3.8) is 0 Å². The number of benzene rings is 2. The number of aromatic nitrogens is 4. The lowest BCUT2D eigenvalue weighted by Gasteiger charge is -2.15. The molecule has 43 heavy (non-hydrogen) atoms. The van der Waals surface area contributed by atoms with E-state index in [1.807, 2.05) is 66.9 Å². The lowest BCUT2D eigenvalue weighted by atomic mass is 9.98. The van der Waals surface area contributed by atoms with Crippen LogP contribution < -0.4 is 15.4 Å². The van der Waals surface area contributed by atoms with Crippen LogP contribution in [-0.4, -0.2) is 62.2 Å². The number of nitrogens with one attached hydrogen (secondary N) is 2. The molecule has 0 aliphatic heterocycles. The van der Waals surface area contributed by atoms with E-state index in [9.17, 15) is 10.2 Å². The number of aliphatic hydroxyl groups excluding tert-OH is 2. The fraction of sp³-hybridized carbons (Fsp3) is 0.281. The Labute approximate surface area is 260 Å². The molecule has 0 radical (unpaired) electrons. The molecule has 0 unspecified atom stereocenters. The van der Waals surface area contributed by atoms with E-state index in [1.54, 1.807) is 25.5 Å². The third-order valence-corrected chi connectivity index (χ3v) is 7.66. The number of nitrogens with zero attached hydrogens (tertiary/aromatic N) is 4. The van der Waals surface area contributed by atoms with Crippen LogP contribution in [0.15, 0.2) is 66.9 Å². The summed E-state index contributed by atoms with van der Waals surface area (Å²) in [7, 11) is 1.58. The van der Waals surface area contributed by atoms with Crippen LogP contribution in [0.1, 0.15) is 25.1 Å². The number of rotatable bonds is 12. The van der Waals surface area contributed by atoms with Crippen LogP contribution >= 0.6 is 23.2 Å². The Morgan fingerprint density at radius 3 is 1.98 bits per heavy atom. The van der Waals surface area contributed by atoms with E-state index in [0.717, 1.165) is 33.5 Å². The van der Waals surface area contributed by atoms with Crippen molar-refractivity contribution in [2.45, 2.75) is 39.1 Å². The molecule has 11 heteroatoms. The van der Waals surface area contributed by atoms with Crippen molar-refractivity contribution in [2.24, 2.45) is 0 Å². The summed E-state index contributed by atoms with van der Waals surface area (Å²) in [6.07, 6.45) is 0.985. The Morgan fingerprint density at radius 2 is 1.35 bits per heavy atom. The molecule has 2 aromatic carbocycles. The predicted molar refractivity (Wildman–Crippen MR) is 170 cm³/mol. The standard InChI is InChI=1S/C32H34Cl2N6O3/c1-19(41)14-35-16-21-10-11-27(38-32(21)43-3)25-8-4-6-23(30(25)33)24-7-5-9-26(31(24)34)28-12-13-29-37-22(18-40(29)39-28)17-36-15-20(2)42/h4-13,18-20,35-36,41-42H,14-17H2,1-3H3/t19-,20+/m1/s1. The van der Waals surface area contributed by atoms with Gasteiger partial charge in [0, 0.05) is 54.0 Å². The third-order valence-electron chi connectivity index (χ3n) is 6.84. The van der Waals surface area contributed by atoms with Crippen molar-refractivity contribution in [1.82, 2.24) is 30.2 Å². The molecular weight excluding hydrogens is 587 g/mol. The molecule has 4 N–H and O–H groups in total. The Balaban J connectivity index is 1.44. The Hall–Kier alpha value is -3.57. The zero-order chi connectivity index (χ0) is 30.5. The molecule has 0 saturated heterocycles.